The molecule has 0 fully saturated rings. The van der Waals surface area contributed by atoms with E-state index in [9.17, 15) is 0 Å². The van der Waals surface area contributed by atoms with Gasteiger partial charge in [0.2, 0.25) is 0 Å². The number of fused-ring (bicyclic) bond motifs is 7. The first kappa shape index (κ1) is 22.3. The Kier molecular flexibility index (Phi) is 4.83. The largest absolute Gasteiger partial charge is 0.309 e. The van der Waals surface area contributed by atoms with Crippen molar-refractivity contribution in [3.05, 3.63) is 146 Å². The van der Waals surface area contributed by atoms with Crippen LogP contribution in [0.4, 0.5) is 0 Å². The second-order valence-electron chi connectivity index (χ2n) is 10.1. The van der Waals surface area contributed by atoms with Gasteiger partial charge in [-0.2, -0.15) is 0 Å². The Morgan fingerprint density at radius 2 is 1.13 bits per heavy atom. The molecular formula is C36H24NOP. The highest BCUT2D eigenvalue weighted by atomic mass is 31.2. The van der Waals surface area contributed by atoms with Gasteiger partial charge in [-0.05, 0) is 41.0 Å². The molecule has 0 saturated carbocycles. The van der Waals surface area contributed by atoms with Gasteiger partial charge in [-0.25, -0.2) is 0 Å². The van der Waals surface area contributed by atoms with E-state index < -0.39 is 7.14 Å². The van der Waals surface area contributed by atoms with Crippen molar-refractivity contribution in [2.24, 2.45) is 0 Å². The van der Waals surface area contributed by atoms with Crippen LogP contribution in [0.15, 0.2) is 146 Å². The Morgan fingerprint density at radius 1 is 0.487 bits per heavy atom. The van der Waals surface area contributed by atoms with Crippen LogP contribution in [0.2, 0.25) is 0 Å². The van der Waals surface area contributed by atoms with Gasteiger partial charge in [-0.1, -0.05) is 121 Å². The van der Waals surface area contributed by atoms with E-state index in [-0.39, 0.29) is 0 Å². The molecule has 2 heterocycles. The molecule has 0 radical (unpaired) electrons. The molecule has 6 aromatic carbocycles. The molecule has 1 aliphatic rings. The van der Waals surface area contributed by atoms with Gasteiger partial charge in [0.05, 0.1) is 11.0 Å². The lowest BCUT2D eigenvalue weighted by atomic mass is 10.0. The first-order chi connectivity index (χ1) is 19.2. The van der Waals surface area contributed by atoms with Crippen LogP contribution in [0.5, 0.6) is 0 Å². The van der Waals surface area contributed by atoms with Gasteiger partial charge in [0.25, 0.3) is 0 Å². The highest BCUT2D eigenvalue weighted by Crippen LogP contribution is 2.54. The van der Waals surface area contributed by atoms with Crippen molar-refractivity contribution >= 4 is 44.9 Å². The van der Waals surface area contributed by atoms with E-state index in [1.54, 1.807) is 0 Å². The highest BCUT2D eigenvalue weighted by molar-refractivity contribution is 7.86. The van der Waals surface area contributed by atoms with Crippen molar-refractivity contribution in [1.29, 1.82) is 0 Å². The van der Waals surface area contributed by atoms with E-state index in [0.29, 0.717) is 0 Å². The van der Waals surface area contributed by atoms with Gasteiger partial charge < -0.3 is 9.13 Å². The third-order valence-electron chi connectivity index (χ3n) is 8.02. The van der Waals surface area contributed by atoms with E-state index in [2.05, 4.69) is 108 Å². The number of nitrogens with zero attached hydrogens (tertiary/aromatic N) is 1. The topological polar surface area (TPSA) is 22.0 Å². The predicted octanol–water partition coefficient (Wildman–Crippen LogP) is 8.07. The van der Waals surface area contributed by atoms with Crippen molar-refractivity contribution in [3.8, 4) is 27.9 Å². The molecule has 0 aliphatic carbocycles. The van der Waals surface area contributed by atoms with Crippen molar-refractivity contribution in [2.75, 3.05) is 0 Å². The summed E-state index contributed by atoms with van der Waals surface area (Å²) < 4.78 is 17.5. The van der Waals surface area contributed by atoms with Gasteiger partial charge in [0.15, 0.2) is 7.14 Å². The molecule has 3 heteroatoms. The fourth-order valence-corrected chi connectivity index (χ4v) is 9.34. The average molecular weight is 518 g/mol. The third kappa shape index (κ3) is 3.13. The predicted molar refractivity (Wildman–Crippen MR) is 165 cm³/mol. The molecule has 0 bridgehead atoms. The third-order valence-corrected chi connectivity index (χ3v) is 11.2. The molecule has 1 aliphatic heterocycles. The standard InChI is InChI=1S/C36H24NOP/c38-39(28-13-5-2-6-14-28)33-18-10-8-16-31(33)35-34(39)24-23-30-29-15-7-9-17-32(29)37(36(30)35)27-21-19-26(20-22-27)25-11-3-1-4-12-25/h1-24H. The Labute approximate surface area is 227 Å². The molecular weight excluding hydrogens is 493 g/mol. The number of benzene rings is 6. The van der Waals surface area contributed by atoms with Gasteiger partial charge >= 0.3 is 0 Å². The Morgan fingerprint density at radius 3 is 1.92 bits per heavy atom. The monoisotopic (exact) mass is 517 g/mol. The fraction of sp³-hybridized carbons (Fsp3) is 0. The zero-order valence-electron chi connectivity index (χ0n) is 21.2. The van der Waals surface area contributed by atoms with Crippen LogP contribution in [0.25, 0.3) is 49.7 Å². The first-order valence-electron chi connectivity index (χ1n) is 13.2. The molecule has 2 nitrogen and oxygen atoms in total. The summed E-state index contributed by atoms with van der Waals surface area (Å²) in [5, 5.41) is 5.10. The lowest BCUT2D eigenvalue weighted by Gasteiger charge is -2.16. The SMILES string of the molecule is O=P1(c2ccccc2)c2ccccc2-c2c1ccc1c3ccccc3n(-c3ccc(-c4ccccc4)cc3)c21. The minimum atomic E-state index is -3.02. The van der Waals surface area contributed by atoms with Crippen LogP contribution in [-0.2, 0) is 4.57 Å². The van der Waals surface area contributed by atoms with Crippen LogP contribution < -0.4 is 15.9 Å². The summed E-state index contributed by atoms with van der Waals surface area (Å²) in [6.07, 6.45) is 0. The maximum absolute atomic E-state index is 15.2. The minimum absolute atomic E-state index is 0.880. The summed E-state index contributed by atoms with van der Waals surface area (Å²) in [5.41, 5.74) is 7.88. The quantitative estimate of drug-likeness (QED) is 0.217. The van der Waals surface area contributed by atoms with Crippen LogP contribution >= 0.6 is 7.14 Å². The van der Waals surface area contributed by atoms with E-state index in [1.165, 1.54) is 21.9 Å². The van der Waals surface area contributed by atoms with Crippen LogP contribution in [-0.4, -0.2) is 4.57 Å². The smallest absolute Gasteiger partial charge is 0.172 e. The lowest BCUT2D eigenvalue weighted by Crippen LogP contribution is -2.20. The van der Waals surface area contributed by atoms with Gasteiger partial charge in [-0.3, -0.25) is 0 Å². The summed E-state index contributed by atoms with van der Waals surface area (Å²) in [4.78, 5) is 0. The van der Waals surface area contributed by atoms with E-state index in [0.717, 1.165) is 43.8 Å². The number of para-hydroxylation sites is 1. The second-order valence-corrected chi connectivity index (χ2v) is 12.8. The lowest BCUT2D eigenvalue weighted by molar-refractivity contribution is 0.593. The minimum Gasteiger partial charge on any atom is -0.309 e. The molecule has 0 saturated heterocycles. The Bertz CT molecular complexity index is 2070. The molecule has 1 atom stereocenters. The summed E-state index contributed by atoms with van der Waals surface area (Å²) in [6.45, 7) is 0. The van der Waals surface area contributed by atoms with Crippen LogP contribution in [0, 0.1) is 0 Å². The summed E-state index contributed by atoms with van der Waals surface area (Å²) in [7, 11) is -3.02. The Balaban J connectivity index is 1.47. The van der Waals surface area contributed by atoms with Crippen molar-refractivity contribution < 1.29 is 4.57 Å². The second kappa shape index (κ2) is 8.43. The van der Waals surface area contributed by atoms with Gasteiger partial charge in [-0.15, -0.1) is 0 Å². The van der Waals surface area contributed by atoms with Gasteiger partial charge in [0.1, 0.15) is 0 Å². The fourth-order valence-electron chi connectivity index (χ4n) is 6.28. The van der Waals surface area contributed by atoms with Crippen molar-refractivity contribution in [1.82, 2.24) is 4.57 Å². The number of aromatic nitrogens is 1. The van der Waals surface area contributed by atoms with Crippen molar-refractivity contribution in [2.45, 2.75) is 0 Å². The maximum Gasteiger partial charge on any atom is 0.172 e. The van der Waals surface area contributed by atoms with E-state index >= 15 is 4.57 Å². The number of rotatable bonds is 3. The summed E-state index contributed by atoms with van der Waals surface area (Å²) >= 11 is 0. The molecule has 0 spiro atoms. The molecule has 0 amide bonds. The number of hydrogen-bond acceptors (Lipinski definition) is 1. The normalized spacial score (nSPS) is 15.9. The summed E-state index contributed by atoms with van der Waals surface area (Å²) in [6, 6.07) is 50.3. The molecule has 8 rings (SSSR count). The number of hydrogen-bond donors (Lipinski definition) is 0. The zero-order chi connectivity index (χ0) is 26.0. The van der Waals surface area contributed by atoms with Crippen LogP contribution in [0.1, 0.15) is 0 Å². The summed E-state index contributed by atoms with van der Waals surface area (Å²) in [5.74, 6) is 0. The average Bonchev–Trinajstić information content (AvgIpc) is 3.49. The van der Waals surface area contributed by atoms with Crippen molar-refractivity contribution in [3.63, 3.8) is 0 Å². The molecule has 1 unspecified atom stereocenters. The first-order valence-corrected chi connectivity index (χ1v) is 14.9. The zero-order valence-corrected chi connectivity index (χ0v) is 22.1. The molecule has 184 valence electrons. The molecule has 0 N–H and O–H groups in total. The maximum atomic E-state index is 15.2. The molecule has 39 heavy (non-hydrogen) atoms. The van der Waals surface area contributed by atoms with Crippen LogP contribution in [0.3, 0.4) is 0 Å². The van der Waals surface area contributed by atoms with E-state index in [1.807, 2.05) is 42.5 Å². The van der Waals surface area contributed by atoms with E-state index in [4.69, 9.17) is 0 Å². The molecule has 7 aromatic rings. The highest BCUT2D eigenvalue weighted by Gasteiger charge is 2.41. The Hall–Kier alpha value is -4.65. The van der Waals surface area contributed by atoms with Gasteiger partial charge in [0, 0.05) is 37.9 Å². The molecule has 1 aromatic heterocycles.